The number of para-hydroxylation sites is 1. The Bertz CT molecular complexity index is 783. The van der Waals surface area contributed by atoms with Crippen molar-refractivity contribution in [1.82, 2.24) is 0 Å². The van der Waals surface area contributed by atoms with Gasteiger partial charge in [-0.05, 0) is 30.3 Å². The van der Waals surface area contributed by atoms with E-state index in [9.17, 15) is 9.59 Å². The van der Waals surface area contributed by atoms with E-state index in [4.69, 9.17) is 5.26 Å². The number of nitrogens with zero attached hydrogens (tertiary/aromatic N) is 2. The highest BCUT2D eigenvalue weighted by atomic mass is 79.9. The average molecular weight is 372 g/mol. The van der Waals surface area contributed by atoms with Gasteiger partial charge in [0.05, 0.1) is 11.3 Å². The molecule has 0 heterocycles. The second-order valence-electron chi connectivity index (χ2n) is 4.79. The zero-order valence-corrected chi connectivity index (χ0v) is 14.0. The summed E-state index contributed by atoms with van der Waals surface area (Å²) in [6.07, 6.45) is 0. The molecule has 23 heavy (non-hydrogen) atoms. The number of rotatable bonds is 4. The van der Waals surface area contributed by atoms with E-state index < -0.39 is 0 Å². The quantitative estimate of drug-likeness (QED) is 0.895. The monoisotopic (exact) mass is 371 g/mol. The van der Waals surface area contributed by atoms with Crippen LogP contribution in [-0.4, -0.2) is 18.4 Å². The van der Waals surface area contributed by atoms with Crippen LogP contribution in [0.4, 0.5) is 11.4 Å². The topological polar surface area (TPSA) is 73.2 Å². The van der Waals surface area contributed by atoms with Crippen molar-refractivity contribution in [1.29, 1.82) is 5.26 Å². The molecule has 0 bridgehead atoms. The molecule has 0 radical (unpaired) electrons. The second kappa shape index (κ2) is 7.56. The predicted molar refractivity (Wildman–Crippen MR) is 92.0 cm³/mol. The lowest BCUT2D eigenvalue weighted by molar-refractivity contribution is -0.120. The van der Waals surface area contributed by atoms with Crippen LogP contribution in [0.1, 0.15) is 12.5 Å². The van der Waals surface area contributed by atoms with E-state index >= 15 is 0 Å². The zero-order valence-electron chi connectivity index (χ0n) is 12.4. The van der Waals surface area contributed by atoms with Gasteiger partial charge in [-0.25, -0.2) is 0 Å². The highest BCUT2D eigenvalue weighted by molar-refractivity contribution is 9.10. The van der Waals surface area contributed by atoms with Crippen molar-refractivity contribution in [2.45, 2.75) is 6.92 Å². The van der Waals surface area contributed by atoms with Crippen LogP contribution in [0.25, 0.3) is 0 Å². The average Bonchev–Trinajstić information content (AvgIpc) is 2.53. The first-order valence-electron chi connectivity index (χ1n) is 6.84. The number of halogens is 1. The first-order chi connectivity index (χ1) is 11.0. The van der Waals surface area contributed by atoms with Crippen molar-refractivity contribution in [2.24, 2.45) is 0 Å². The summed E-state index contributed by atoms with van der Waals surface area (Å²) in [5, 5.41) is 11.7. The van der Waals surface area contributed by atoms with Gasteiger partial charge in [0.1, 0.15) is 12.6 Å². The third-order valence-corrected chi connectivity index (χ3v) is 3.62. The lowest BCUT2D eigenvalue weighted by atomic mass is 10.2. The number of benzene rings is 2. The van der Waals surface area contributed by atoms with E-state index in [1.165, 1.54) is 11.8 Å². The molecule has 0 aliphatic heterocycles. The summed E-state index contributed by atoms with van der Waals surface area (Å²) < 4.78 is 0.816. The Morgan fingerprint density at radius 3 is 2.61 bits per heavy atom. The number of amides is 2. The van der Waals surface area contributed by atoms with Gasteiger partial charge >= 0.3 is 0 Å². The second-order valence-corrected chi connectivity index (χ2v) is 5.71. The van der Waals surface area contributed by atoms with Crippen molar-refractivity contribution in [3.8, 4) is 6.07 Å². The number of carbonyl (C=O) groups is 2. The maximum absolute atomic E-state index is 12.2. The largest absolute Gasteiger partial charge is 0.323 e. The number of hydrogen-bond donors (Lipinski definition) is 1. The molecule has 0 aliphatic carbocycles. The fourth-order valence-corrected chi connectivity index (χ4v) is 2.44. The van der Waals surface area contributed by atoms with Gasteiger partial charge in [0.15, 0.2) is 0 Å². The predicted octanol–water partition coefficient (Wildman–Crippen LogP) is 3.31. The molecule has 1 N–H and O–H groups in total. The van der Waals surface area contributed by atoms with E-state index in [-0.39, 0.29) is 18.4 Å². The smallest absolute Gasteiger partial charge is 0.244 e. The van der Waals surface area contributed by atoms with Gasteiger partial charge in [-0.15, -0.1) is 0 Å². The van der Waals surface area contributed by atoms with E-state index in [0.29, 0.717) is 16.9 Å². The van der Waals surface area contributed by atoms with E-state index in [2.05, 4.69) is 21.2 Å². The molecule has 0 fully saturated rings. The lowest BCUT2D eigenvalue weighted by Gasteiger charge is -2.21. The molecule has 6 heteroatoms. The Hall–Kier alpha value is -2.65. The fourth-order valence-electron chi connectivity index (χ4n) is 2.05. The molecule has 0 saturated carbocycles. The SMILES string of the molecule is CC(=O)N(CC(=O)Nc1ccccc1C#N)c1cccc(Br)c1. The van der Waals surface area contributed by atoms with Crippen molar-refractivity contribution in [3.05, 3.63) is 58.6 Å². The van der Waals surface area contributed by atoms with Crippen LogP contribution < -0.4 is 10.2 Å². The van der Waals surface area contributed by atoms with E-state index in [0.717, 1.165) is 4.47 Å². The van der Waals surface area contributed by atoms with Crippen molar-refractivity contribution >= 4 is 39.1 Å². The summed E-state index contributed by atoms with van der Waals surface area (Å²) in [5.74, 6) is -0.616. The van der Waals surface area contributed by atoms with Crippen molar-refractivity contribution in [3.63, 3.8) is 0 Å². The number of nitrogens with one attached hydrogen (secondary N) is 1. The Kier molecular flexibility index (Phi) is 5.50. The number of nitriles is 1. The number of carbonyl (C=O) groups excluding carboxylic acids is 2. The first-order valence-corrected chi connectivity index (χ1v) is 7.63. The summed E-state index contributed by atoms with van der Waals surface area (Å²) in [6, 6.07) is 15.9. The van der Waals surface area contributed by atoms with Gasteiger partial charge in [0, 0.05) is 17.1 Å². The molecule has 0 spiro atoms. The van der Waals surface area contributed by atoms with Crippen LogP contribution >= 0.6 is 15.9 Å². The van der Waals surface area contributed by atoms with Crippen molar-refractivity contribution < 1.29 is 9.59 Å². The highest BCUT2D eigenvalue weighted by Gasteiger charge is 2.16. The van der Waals surface area contributed by atoms with Gasteiger partial charge in [0.25, 0.3) is 0 Å². The Morgan fingerprint density at radius 1 is 1.22 bits per heavy atom. The summed E-state index contributed by atoms with van der Waals surface area (Å²) in [7, 11) is 0. The molecule has 5 nitrogen and oxygen atoms in total. The number of hydrogen-bond acceptors (Lipinski definition) is 3. The molecule has 0 unspecified atom stereocenters. The van der Waals surface area contributed by atoms with Gasteiger partial charge in [-0.3, -0.25) is 9.59 Å². The molecular weight excluding hydrogens is 358 g/mol. The minimum atomic E-state index is -0.372. The molecule has 0 atom stereocenters. The maximum atomic E-state index is 12.2. The molecule has 0 saturated heterocycles. The molecule has 116 valence electrons. The molecule has 2 amide bonds. The first kappa shape index (κ1) is 16.7. The lowest BCUT2D eigenvalue weighted by Crippen LogP contribution is -2.36. The summed E-state index contributed by atoms with van der Waals surface area (Å²) in [6.45, 7) is 1.27. The minimum absolute atomic E-state index is 0.133. The zero-order chi connectivity index (χ0) is 16.8. The van der Waals surface area contributed by atoms with Crippen LogP contribution in [-0.2, 0) is 9.59 Å². The third-order valence-electron chi connectivity index (χ3n) is 3.12. The van der Waals surface area contributed by atoms with Gasteiger partial charge in [0.2, 0.25) is 11.8 Å². The van der Waals surface area contributed by atoms with Gasteiger partial charge < -0.3 is 10.2 Å². The standard InChI is InChI=1S/C17H14BrN3O2/c1-12(22)21(15-7-4-6-14(18)9-15)11-17(23)20-16-8-3-2-5-13(16)10-19/h2-9H,11H2,1H3,(H,20,23). The van der Waals surface area contributed by atoms with Crippen LogP contribution in [0, 0.1) is 11.3 Å². The van der Waals surface area contributed by atoms with E-state index in [1.54, 1.807) is 42.5 Å². The third kappa shape index (κ3) is 4.41. The Morgan fingerprint density at radius 2 is 1.96 bits per heavy atom. The summed E-state index contributed by atoms with van der Waals surface area (Å²) in [4.78, 5) is 25.4. The highest BCUT2D eigenvalue weighted by Crippen LogP contribution is 2.20. The Labute approximate surface area is 142 Å². The van der Waals surface area contributed by atoms with Crippen LogP contribution in [0.3, 0.4) is 0 Å². The Balaban J connectivity index is 2.16. The van der Waals surface area contributed by atoms with Gasteiger partial charge in [-0.2, -0.15) is 5.26 Å². The molecule has 2 rings (SSSR count). The molecule has 0 aromatic heterocycles. The molecule has 2 aromatic carbocycles. The van der Waals surface area contributed by atoms with Crippen LogP contribution in [0.5, 0.6) is 0 Å². The molecule has 0 aliphatic rings. The fraction of sp³-hybridized carbons (Fsp3) is 0.118. The van der Waals surface area contributed by atoms with Crippen LogP contribution in [0.15, 0.2) is 53.0 Å². The van der Waals surface area contributed by atoms with Crippen molar-refractivity contribution in [2.75, 3.05) is 16.8 Å². The minimum Gasteiger partial charge on any atom is -0.323 e. The number of anilines is 2. The van der Waals surface area contributed by atoms with E-state index in [1.807, 2.05) is 12.1 Å². The van der Waals surface area contributed by atoms with Gasteiger partial charge in [-0.1, -0.05) is 34.1 Å². The normalized spacial score (nSPS) is 9.78. The summed E-state index contributed by atoms with van der Waals surface area (Å²) >= 11 is 3.34. The van der Waals surface area contributed by atoms with Crippen LogP contribution in [0.2, 0.25) is 0 Å². The maximum Gasteiger partial charge on any atom is 0.244 e. The molecule has 2 aromatic rings. The molecular formula is C17H14BrN3O2. The summed E-state index contributed by atoms with van der Waals surface area (Å²) in [5.41, 5.74) is 1.42.